The minimum atomic E-state index is -1.28. The third-order valence-corrected chi connectivity index (χ3v) is 7.55. The Morgan fingerprint density at radius 2 is 1.98 bits per heavy atom. The van der Waals surface area contributed by atoms with Gasteiger partial charge in [-0.2, -0.15) is 0 Å². The number of aldehydes is 1. The molecule has 2 amide bonds. The van der Waals surface area contributed by atoms with Gasteiger partial charge in [0.2, 0.25) is 11.8 Å². The van der Waals surface area contributed by atoms with Crippen LogP contribution in [-0.2, 0) is 20.9 Å². The fourth-order valence-electron chi connectivity index (χ4n) is 5.08. The molecule has 3 N–H and O–H groups in total. The Kier molecular flexibility index (Phi) is 9.70. The van der Waals surface area contributed by atoms with Gasteiger partial charge in [-0.1, -0.05) is 29.3 Å². The molecule has 2 aromatic carbocycles. The number of benzene rings is 2. The molecule has 40 heavy (non-hydrogen) atoms. The van der Waals surface area contributed by atoms with Crippen LogP contribution in [0, 0.1) is 0 Å². The van der Waals surface area contributed by atoms with E-state index < -0.39 is 30.1 Å². The van der Waals surface area contributed by atoms with Gasteiger partial charge in [-0.25, -0.2) is 0 Å². The Balaban J connectivity index is 1.82. The van der Waals surface area contributed by atoms with Crippen molar-refractivity contribution in [3.8, 4) is 11.5 Å². The third-order valence-electron chi connectivity index (χ3n) is 6.97. The summed E-state index contributed by atoms with van der Waals surface area (Å²) in [5.74, 6) is -1.07. The van der Waals surface area contributed by atoms with Crippen LogP contribution >= 0.6 is 23.2 Å². The van der Waals surface area contributed by atoms with Gasteiger partial charge >= 0.3 is 0 Å². The van der Waals surface area contributed by atoms with Crippen LogP contribution in [0.4, 0.5) is 0 Å². The number of halogens is 2. The number of aliphatic hydroxyl groups excluding tert-OH is 2. The molecule has 12 heteroatoms. The number of ether oxygens (including phenoxy) is 3. The van der Waals surface area contributed by atoms with Crippen LogP contribution in [0.15, 0.2) is 42.0 Å². The van der Waals surface area contributed by atoms with Gasteiger partial charge in [0.05, 0.1) is 38.7 Å². The Labute approximate surface area is 241 Å². The van der Waals surface area contributed by atoms with E-state index >= 15 is 0 Å². The topological polar surface area (TPSA) is 135 Å². The molecule has 0 aromatic heterocycles. The highest BCUT2D eigenvalue weighted by Gasteiger charge is 2.51. The maximum Gasteiger partial charge on any atom is 0.247 e. The molecular weight excluding hydrogens is 563 g/mol. The van der Waals surface area contributed by atoms with Crippen LogP contribution in [0.2, 0.25) is 10.0 Å². The second kappa shape index (κ2) is 13.0. The van der Waals surface area contributed by atoms with Crippen LogP contribution < -0.4 is 14.8 Å². The average Bonchev–Trinajstić information content (AvgIpc) is 3.34. The lowest BCUT2D eigenvalue weighted by molar-refractivity contribution is -0.139. The lowest BCUT2D eigenvalue weighted by Gasteiger charge is -2.41. The molecule has 1 heterocycles. The van der Waals surface area contributed by atoms with E-state index in [9.17, 15) is 24.6 Å². The van der Waals surface area contributed by atoms with Crippen LogP contribution in [0.5, 0.6) is 11.5 Å². The molecule has 10 nitrogen and oxygen atoms in total. The molecule has 0 radical (unpaired) electrons. The van der Waals surface area contributed by atoms with Gasteiger partial charge in [-0.15, -0.1) is 0 Å². The molecule has 2 aromatic rings. The normalized spacial score (nSPS) is 21.0. The maximum atomic E-state index is 13.5. The molecule has 4 atom stereocenters. The number of methoxy groups -OCH3 is 2. The van der Waals surface area contributed by atoms with Gasteiger partial charge in [0.15, 0.2) is 11.5 Å². The molecule has 4 unspecified atom stereocenters. The van der Waals surface area contributed by atoms with Crippen molar-refractivity contribution in [2.75, 3.05) is 34.0 Å². The van der Waals surface area contributed by atoms with Crippen molar-refractivity contribution in [3.05, 3.63) is 68.7 Å². The first-order chi connectivity index (χ1) is 19.2. The second-order valence-corrected chi connectivity index (χ2v) is 10.2. The molecule has 1 aliphatic carbocycles. The Hall–Kier alpha value is -3.15. The summed E-state index contributed by atoms with van der Waals surface area (Å²) in [5, 5.41) is 24.4. The molecule has 0 fully saturated rings. The lowest BCUT2D eigenvalue weighted by Crippen LogP contribution is -2.55. The van der Waals surface area contributed by atoms with Crippen molar-refractivity contribution in [1.29, 1.82) is 0 Å². The van der Waals surface area contributed by atoms with E-state index in [1.807, 2.05) is 0 Å². The zero-order valence-electron chi connectivity index (χ0n) is 21.9. The van der Waals surface area contributed by atoms with Gasteiger partial charge in [-0.3, -0.25) is 14.4 Å². The van der Waals surface area contributed by atoms with Crippen molar-refractivity contribution < 1.29 is 38.8 Å². The lowest BCUT2D eigenvalue weighted by atomic mass is 9.77. The number of fused-ring (bicyclic) bond motifs is 3. The summed E-state index contributed by atoms with van der Waals surface area (Å²) < 4.78 is 16.7. The molecule has 4 rings (SSSR count). The quantitative estimate of drug-likeness (QED) is 0.339. The summed E-state index contributed by atoms with van der Waals surface area (Å²) in [6.45, 7) is -0.153. The van der Waals surface area contributed by atoms with Gasteiger partial charge in [0.1, 0.15) is 18.5 Å². The first-order valence-electron chi connectivity index (χ1n) is 12.6. The van der Waals surface area contributed by atoms with Gasteiger partial charge in [0.25, 0.3) is 0 Å². The van der Waals surface area contributed by atoms with Crippen LogP contribution in [-0.4, -0.2) is 85.4 Å². The fraction of sp³-hybridized carbons (Fsp3) is 0.393. The Morgan fingerprint density at radius 3 is 2.62 bits per heavy atom. The molecule has 0 saturated carbocycles. The minimum absolute atomic E-state index is 0.00522. The average molecular weight is 593 g/mol. The van der Waals surface area contributed by atoms with Crippen molar-refractivity contribution in [2.45, 2.75) is 37.1 Å². The van der Waals surface area contributed by atoms with Gasteiger partial charge in [-0.05, 0) is 35.9 Å². The van der Waals surface area contributed by atoms with E-state index in [4.69, 9.17) is 37.4 Å². The largest absolute Gasteiger partial charge is 0.493 e. The zero-order valence-corrected chi connectivity index (χ0v) is 23.4. The number of nitrogens with one attached hydrogen (secondary N) is 1. The number of nitrogens with zero attached hydrogens (tertiary/aromatic N) is 1. The highest BCUT2D eigenvalue weighted by atomic mass is 35.5. The van der Waals surface area contributed by atoms with E-state index in [-0.39, 0.29) is 50.0 Å². The zero-order chi connectivity index (χ0) is 29.0. The Bertz CT molecular complexity index is 1320. The number of amides is 2. The summed E-state index contributed by atoms with van der Waals surface area (Å²) in [6.07, 6.45) is -0.0792. The third kappa shape index (κ3) is 5.96. The molecule has 0 bridgehead atoms. The van der Waals surface area contributed by atoms with Crippen LogP contribution in [0.25, 0.3) is 0 Å². The Morgan fingerprint density at radius 1 is 1.20 bits per heavy atom. The van der Waals surface area contributed by atoms with Crippen molar-refractivity contribution in [3.63, 3.8) is 0 Å². The van der Waals surface area contributed by atoms with Crippen molar-refractivity contribution in [2.24, 2.45) is 0 Å². The molecule has 214 valence electrons. The summed E-state index contributed by atoms with van der Waals surface area (Å²) >= 11 is 12.5. The summed E-state index contributed by atoms with van der Waals surface area (Å²) in [5.41, 5.74) is 1.59. The number of hydrogen-bond acceptors (Lipinski definition) is 8. The fourth-order valence-corrected chi connectivity index (χ4v) is 5.55. The van der Waals surface area contributed by atoms with E-state index in [1.165, 1.54) is 31.3 Å². The van der Waals surface area contributed by atoms with Crippen molar-refractivity contribution >= 4 is 41.3 Å². The molecule has 0 saturated heterocycles. The number of carbonyl (C=O) groups is 3. The van der Waals surface area contributed by atoms with Gasteiger partial charge in [0, 0.05) is 46.9 Å². The van der Waals surface area contributed by atoms with Crippen LogP contribution in [0.3, 0.4) is 0 Å². The smallest absolute Gasteiger partial charge is 0.247 e. The maximum absolute atomic E-state index is 13.5. The summed E-state index contributed by atoms with van der Waals surface area (Å²) in [6, 6.07) is 6.98. The van der Waals surface area contributed by atoms with Crippen LogP contribution in [0.1, 0.15) is 33.8 Å². The first-order valence-corrected chi connectivity index (χ1v) is 13.3. The number of rotatable bonds is 11. The second-order valence-electron chi connectivity index (χ2n) is 9.40. The SMILES string of the molecule is COCCC(=O)N(Cc1ccc(Cl)cc1Cl)C1C=C(C(=O)NCCO)C2c3cc(C=O)cc(OC)c3OC2C1O. The highest BCUT2D eigenvalue weighted by Crippen LogP contribution is 2.51. The van der Waals surface area contributed by atoms with E-state index in [1.54, 1.807) is 24.3 Å². The molecular formula is C28H30Cl2N2O8. The first kappa shape index (κ1) is 29.8. The predicted molar refractivity (Wildman–Crippen MR) is 147 cm³/mol. The summed E-state index contributed by atoms with van der Waals surface area (Å²) in [7, 11) is 2.90. The molecule has 2 aliphatic rings. The number of carbonyl (C=O) groups excluding carboxylic acids is 3. The standard InChI is InChI=1S/C28H30Cl2N2O8/c1-38-8-5-23(35)32(13-16-3-4-17(29)11-20(16)30)21-12-19(28(37)31-6-7-33)24-18-9-15(14-34)10-22(39-2)26(18)40-27(24)25(21)36/h3-4,9-12,14,21,24-25,27,33,36H,5-8,13H2,1-2H3,(H,31,37). The number of aliphatic hydroxyl groups is 2. The number of hydrogen-bond donors (Lipinski definition) is 3. The van der Waals surface area contributed by atoms with Gasteiger partial charge < -0.3 is 34.6 Å². The van der Waals surface area contributed by atoms with E-state index in [2.05, 4.69) is 5.32 Å². The summed E-state index contributed by atoms with van der Waals surface area (Å²) in [4.78, 5) is 39.9. The monoisotopic (exact) mass is 592 g/mol. The molecule has 1 aliphatic heterocycles. The van der Waals surface area contributed by atoms with Crippen molar-refractivity contribution in [1.82, 2.24) is 10.2 Å². The molecule has 0 spiro atoms. The van der Waals surface area contributed by atoms with E-state index in [0.29, 0.717) is 38.8 Å². The highest BCUT2D eigenvalue weighted by molar-refractivity contribution is 6.35. The van der Waals surface area contributed by atoms with E-state index in [0.717, 1.165) is 0 Å². The predicted octanol–water partition coefficient (Wildman–Crippen LogP) is 2.50. The minimum Gasteiger partial charge on any atom is -0.493 e.